The molecule has 1 heterocycles. The summed E-state index contributed by atoms with van der Waals surface area (Å²) >= 11 is 0. The van der Waals surface area contributed by atoms with Crippen molar-refractivity contribution >= 4 is 15.8 Å². The Labute approximate surface area is 148 Å². The Morgan fingerprint density at radius 2 is 1.88 bits per heavy atom. The second kappa shape index (κ2) is 7.51. The van der Waals surface area contributed by atoms with Gasteiger partial charge in [-0.05, 0) is 56.1 Å². The number of carboxylic acids is 1. The number of alkyl halides is 3. The summed E-state index contributed by atoms with van der Waals surface area (Å²) in [5.74, 6) is -6.62. The van der Waals surface area contributed by atoms with Gasteiger partial charge in [0.05, 0.1) is 4.90 Å². The van der Waals surface area contributed by atoms with Crippen molar-refractivity contribution < 1.29 is 35.9 Å². The summed E-state index contributed by atoms with van der Waals surface area (Å²) in [4.78, 5) is 12.4. The molecule has 0 spiro atoms. The smallest absolute Gasteiger partial charge is 0.402 e. The number of carbonyl (C=O) groups is 1. The van der Waals surface area contributed by atoms with E-state index in [1.165, 1.54) is 4.90 Å². The summed E-state index contributed by atoms with van der Waals surface area (Å²) < 4.78 is 78.2. The normalized spacial score (nSPS) is 23.6. The van der Waals surface area contributed by atoms with Gasteiger partial charge in [-0.3, -0.25) is 9.69 Å². The van der Waals surface area contributed by atoms with Crippen LogP contribution in [0.1, 0.15) is 19.8 Å². The summed E-state index contributed by atoms with van der Waals surface area (Å²) in [5, 5.41) is 7.71. The van der Waals surface area contributed by atoms with Crippen molar-refractivity contribution in [3.63, 3.8) is 0 Å². The highest BCUT2D eigenvalue weighted by atomic mass is 32.2. The number of hydrogen-bond donors (Lipinski definition) is 1. The molecule has 0 saturated carbocycles. The van der Waals surface area contributed by atoms with E-state index in [-0.39, 0.29) is 24.4 Å². The number of benzene rings is 1. The molecule has 0 aliphatic carbocycles. The average Bonchev–Trinajstić information content (AvgIpc) is 2.53. The van der Waals surface area contributed by atoms with Gasteiger partial charge in [0.25, 0.3) is 0 Å². The average molecular weight is 397 g/mol. The number of sulfone groups is 1. The Kier molecular flexibility index (Phi) is 5.96. The summed E-state index contributed by atoms with van der Waals surface area (Å²) in [5.41, 5.74) is 0. The highest BCUT2D eigenvalue weighted by Crippen LogP contribution is 2.41. The lowest BCUT2D eigenvalue weighted by Gasteiger charge is -2.40. The number of aliphatic carboxylic acids is 1. The van der Waals surface area contributed by atoms with E-state index >= 15 is 0 Å². The molecule has 0 amide bonds. The van der Waals surface area contributed by atoms with E-state index in [1.807, 2.05) is 0 Å². The molecule has 5 nitrogen and oxygen atoms in total. The van der Waals surface area contributed by atoms with Crippen LogP contribution in [-0.2, 0) is 14.6 Å². The maximum Gasteiger partial charge on any atom is 0.402 e. The van der Waals surface area contributed by atoms with Crippen molar-refractivity contribution in [2.45, 2.75) is 36.2 Å². The summed E-state index contributed by atoms with van der Waals surface area (Å²) in [6.45, 7) is 1.99. The first-order valence-corrected chi connectivity index (χ1v) is 9.56. The van der Waals surface area contributed by atoms with E-state index in [0.29, 0.717) is 0 Å². The van der Waals surface area contributed by atoms with Crippen LogP contribution in [0.4, 0.5) is 17.6 Å². The minimum atomic E-state index is -4.96. The van der Waals surface area contributed by atoms with Crippen LogP contribution in [0.5, 0.6) is 0 Å². The molecule has 1 N–H and O–H groups in total. The maximum absolute atomic E-state index is 13.1. The lowest BCUT2D eigenvalue weighted by atomic mass is 9.83. The lowest BCUT2D eigenvalue weighted by Crippen LogP contribution is -2.50. The molecular weight excluding hydrogens is 378 g/mol. The Bertz CT molecular complexity index is 749. The summed E-state index contributed by atoms with van der Waals surface area (Å²) in [7, 11) is -4.08. The van der Waals surface area contributed by atoms with Gasteiger partial charge in [0.2, 0.25) is 0 Å². The molecule has 1 saturated heterocycles. The Morgan fingerprint density at radius 3 is 2.35 bits per heavy atom. The molecule has 1 aliphatic rings. The molecule has 2 rings (SSSR count). The fourth-order valence-electron chi connectivity index (χ4n) is 3.38. The predicted molar refractivity (Wildman–Crippen MR) is 84.5 cm³/mol. The zero-order valence-corrected chi connectivity index (χ0v) is 14.7. The van der Waals surface area contributed by atoms with Crippen LogP contribution in [0, 0.1) is 17.7 Å². The zero-order chi connectivity index (χ0) is 19.7. The first kappa shape index (κ1) is 20.6. The van der Waals surface area contributed by atoms with Gasteiger partial charge < -0.3 is 5.11 Å². The van der Waals surface area contributed by atoms with Crippen molar-refractivity contribution in [1.82, 2.24) is 4.90 Å². The minimum Gasteiger partial charge on any atom is -0.481 e. The second-order valence-corrected chi connectivity index (χ2v) is 8.33. The van der Waals surface area contributed by atoms with Crippen molar-refractivity contribution in [2.75, 3.05) is 13.1 Å². The third-order valence-electron chi connectivity index (χ3n) is 4.70. The third-order valence-corrected chi connectivity index (χ3v) is 6.83. The van der Waals surface area contributed by atoms with E-state index < -0.39 is 51.4 Å². The third kappa shape index (κ3) is 4.17. The van der Waals surface area contributed by atoms with Gasteiger partial charge in [-0.2, -0.15) is 13.2 Å². The number of rotatable bonds is 5. The topological polar surface area (TPSA) is 74.7 Å². The van der Waals surface area contributed by atoms with E-state index in [9.17, 15) is 30.8 Å². The molecular formula is C16H19F4NO4S. The summed E-state index contributed by atoms with van der Waals surface area (Å²) in [6.07, 6.45) is -5.49. The van der Waals surface area contributed by atoms with Gasteiger partial charge in [0.15, 0.2) is 15.8 Å². The highest BCUT2D eigenvalue weighted by molar-refractivity contribution is 7.92. The number of piperidine rings is 1. The monoisotopic (exact) mass is 397 g/mol. The quantitative estimate of drug-likeness (QED) is 0.611. The van der Waals surface area contributed by atoms with Crippen LogP contribution < -0.4 is 0 Å². The number of carboxylic acid groups (broad SMARTS) is 1. The molecule has 0 radical (unpaired) electrons. The fraction of sp³-hybridized carbons (Fsp3) is 0.562. The van der Waals surface area contributed by atoms with E-state index in [2.05, 4.69) is 0 Å². The first-order chi connectivity index (χ1) is 12.0. The molecule has 1 aliphatic heterocycles. The number of hydrogen-bond acceptors (Lipinski definition) is 4. The van der Waals surface area contributed by atoms with Crippen molar-refractivity contribution in [3.8, 4) is 0 Å². The van der Waals surface area contributed by atoms with Gasteiger partial charge in [-0.1, -0.05) is 6.92 Å². The molecule has 10 heteroatoms. The summed E-state index contributed by atoms with van der Waals surface area (Å²) in [6, 6.07) is 4.03. The molecule has 1 fully saturated rings. The van der Waals surface area contributed by atoms with Gasteiger partial charge in [-0.25, -0.2) is 12.8 Å². The van der Waals surface area contributed by atoms with Crippen molar-refractivity contribution in [2.24, 2.45) is 11.8 Å². The Morgan fingerprint density at radius 1 is 1.31 bits per heavy atom. The number of nitrogens with zero attached hydrogens (tertiary/aromatic N) is 1. The maximum atomic E-state index is 13.1. The second-order valence-electron chi connectivity index (χ2n) is 6.22. The minimum absolute atomic E-state index is 0.0338. The van der Waals surface area contributed by atoms with E-state index in [4.69, 9.17) is 5.11 Å². The number of likely N-dealkylation sites (tertiary alicyclic amines) is 1. The van der Waals surface area contributed by atoms with Crippen LogP contribution in [0.3, 0.4) is 0 Å². The number of halogens is 4. The first-order valence-electron chi connectivity index (χ1n) is 8.01. The van der Waals surface area contributed by atoms with Crippen molar-refractivity contribution in [3.05, 3.63) is 30.1 Å². The largest absolute Gasteiger partial charge is 0.481 e. The lowest BCUT2D eigenvalue weighted by molar-refractivity contribution is -0.206. The predicted octanol–water partition coefficient (Wildman–Crippen LogP) is 2.92. The van der Waals surface area contributed by atoms with Crippen LogP contribution in [0.15, 0.2) is 29.2 Å². The molecule has 0 bridgehead atoms. The highest BCUT2D eigenvalue weighted by Gasteiger charge is 2.52. The van der Waals surface area contributed by atoms with Gasteiger partial charge in [0, 0.05) is 0 Å². The molecule has 26 heavy (non-hydrogen) atoms. The van der Waals surface area contributed by atoms with Crippen LogP contribution in [0.25, 0.3) is 0 Å². The van der Waals surface area contributed by atoms with Gasteiger partial charge in [0.1, 0.15) is 11.2 Å². The molecule has 0 aromatic heterocycles. The molecule has 146 valence electrons. The van der Waals surface area contributed by atoms with E-state index in [0.717, 1.165) is 24.3 Å². The van der Waals surface area contributed by atoms with Crippen LogP contribution in [0.2, 0.25) is 0 Å². The molecule has 1 aromatic carbocycles. The van der Waals surface area contributed by atoms with E-state index in [1.54, 1.807) is 6.92 Å². The molecule has 3 atom stereocenters. The SMILES string of the molecule is CCN1CCC(C(C(=O)O)C(F)(F)F)CC1S(=O)(=O)c1ccc(F)cc1. The van der Waals surface area contributed by atoms with Gasteiger partial charge >= 0.3 is 12.1 Å². The van der Waals surface area contributed by atoms with Crippen molar-refractivity contribution in [1.29, 1.82) is 0 Å². The fourth-order valence-corrected chi connectivity index (χ4v) is 5.36. The standard InChI is InChI=1S/C16H19F4NO4S/c1-2-21-8-7-10(14(15(22)23)16(18,19)20)9-13(21)26(24,25)12-5-3-11(17)4-6-12/h3-6,10,13-14H,2,7-9H2,1H3,(H,22,23). The Hall–Kier alpha value is -1.68. The zero-order valence-electron chi connectivity index (χ0n) is 13.9. The van der Waals surface area contributed by atoms with Crippen LogP contribution >= 0.6 is 0 Å². The van der Waals surface area contributed by atoms with Crippen LogP contribution in [-0.4, -0.2) is 49.0 Å². The van der Waals surface area contributed by atoms with Gasteiger partial charge in [-0.15, -0.1) is 0 Å². The Balaban J connectivity index is 2.38. The molecule has 1 aromatic rings. The molecule has 3 unspecified atom stereocenters.